The second-order valence-corrected chi connectivity index (χ2v) is 11.3. The highest BCUT2D eigenvalue weighted by atomic mass is 28.4. The summed E-state index contributed by atoms with van der Waals surface area (Å²) in [4.78, 5) is 10.8. The Balaban J connectivity index is 3.36. The molecule has 0 radical (unpaired) electrons. The van der Waals surface area contributed by atoms with Crippen LogP contribution in [0.15, 0.2) is 0 Å². The lowest BCUT2D eigenvalue weighted by atomic mass is 10.2. The third kappa shape index (κ3) is 10.3. The van der Waals surface area contributed by atoms with Crippen molar-refractivity contribution >= 4 is 14.3 Å². The molecule has 0 unspecified atom stereocenters. The van der Waals surface area contributed by atoms with Crippen LogP contribution in [-0.2, 0) is 28.2 Å². The summed E-state index contributed by atoms with van der Waals surface area (Å²) >= 11 is 0. The van der Waals surface area contributed by atoms with E-state index in [1.54, 1.807) is 0 Å². The van der Waals surface area contributed by atoms with Gasteiger partial charge in [-0.1, -0.05) is 20.8 Å². The fourth-order valence-corrected chi connectivity index (χ4v) is 2.25. The predicted octanol–water partition coefficient (Wildman–Crippen LogP) is 2.23. The van der Waals surface area contributed by atoms with Crippen LogP contribution >= 0.6 is 0 Å². The Kier molecular flexibility index (Phi) is 10.9. The van der Waals surface area contributed by atoms with E-state index in [0.29, 0.717) is 39.6 Å². The third-order valence-corrected chi connectivity index (χ3v) is 8.23. The Morgan fingerprint density at radius 3 is 1.77 bits per heavy atom. The first kappa shape index (κ1) is 21.5. The van der Waals surface area contributed by atoms with Gasteiger partial charge in [0.25, 0.3) is 0 Å². The first-order valence-electron chi connectivity index (χ1n) is 7.64. The van der Waals surface area contributed by atoms with Gasteiger partial charge >= 0.3 is 5.97 Å². The molecule has 0 amide bonds. The fourth-order valence-electron chi connectivity index (χ4n) is 1.23. The molecular weight excluding hydrogens is 304 g/mol. The summed E-state index contributed by atoms with van der Waals surface area (Å²) in [5.41, 5.74) is 0. The molecule has 0 saturated heterocycles. The number of hydrogen-bond donors (Lipinski definition) is 0. The van der Waals surface area contributed by atoms with E-state index in [2.05, 4.69) is 38.6 Å². The van der Waals surface area contributed by atoms with Crippen LogP contribution in [-0.4, -0.2) is 67.6 Å². The SMILES string of the molecule is COC(=O)COCCOCCOCCO[Si](C)(C)C(C)(C)C. The molecule has 0 atom stereocenters. The first-order chi connectivity index (χ1) is 10.2. The molecule has 0 aromatic heterocycles. The van der Waals surface area contributed by atoms with Crippen LogP contribution in [0.5, 0.6) is 0 Å². The first-order valence-corrected chi connectivity index (χ1v) is 10.6. The highest BCUT2D eigenvalue weighted by Gasteiger charge is 2.36. The van der Waals surface area contributed by atoms with E-state index in [1.165, 1.54) is 7.11 Å². The second-order valence-electron chi connectivity index (χ2n) is 6.46. The molecular formula is C15H32O6Si. The topological polar surface area (TPSA) is 63.2 Å². The predicted molar refractivity (Wildman–Crippen MR) is 87.6 cm³/mol. The van der Waals surface area contributed by atoms with Gasteiger partial charge in [-0.2, -0.15) is 0 Å². The van der Waals surface area contributed by atoms with Gasteiger partial charge in [-0.3, -0.25) is 0 Å². The standard InChI is InChI=1S/C15H32O6Si/c1-15(2,3)22(5,6)21-12-11-19-8-7-18-9-10-20-13-14(16)17-4/h7-13H2,1-6H3. The van der Waals surface area contributed by atoms with E-state index in [1.807, 2.05) is 0 Å². The van der Waals surface area contributed by atoms with Gasteiger partial charge in [-0.15, -0.1) is 0 Å². The summed E-state index contributed by atoms with van der Waals surface area (Å²) in [6.45, 7) is 14.1. The summed E-state index contributed by atoms with van der Waals surface area (Å²) in [5.74, 6) is -0.384. The monoisotopic (exact) mass is 336 g/mol. The summed E-state index contributed by atoms with van der Waals surface area (Å²) < 4.78 is 26.3. The van der Waals surface area contributed by atoms with E-state index < -0.39 is 8.32 Å². The molecule has 0 saturated carbocycles. The van der Waals surface area contributed by atoms with E-state index in [9.17, 15) is 4.79 Å². The Bertz CT molecular complexity index is 301. The molecule has 132 valence electrons. The molecule has 0 aliphatic carbocycles. The highest BCUT2D eigenvalue weighted by Crippen LogP contribution is 2.36. The lowest BCUT2D eigenvalue weighted by Gasteiger charge is -2.36. The van der Waals surface area contributed by atoms with Crippen molar-refractivity contribution < 1.29 is 28.2 Å². The molecule has 7 heteroatoms. The number of ether oxygens (including phenoxy) is 4. The van der Waals surface area contributed by atoms with Gasteiger partial charge in [-0.05, 0) is 18.1 Å². The molecule has 0 rings (SSSR count). The Hall–Kier alpha value is -0.473. The minimum Gasteiger partial charge on any atom is -0.467 e. The molecule has 0 aliphatic heterocycles. The Morgan fingerprint density at radius 1 is 0.864 bits per heavy atom. The van der Waals surface area contributed by atoms with Gasteiger partial charge in [0.1, 0.15) is 6.61 Å². The van der Waals surface area contributed by atoms with Crippen molar-refractivity contribution in [2.45, 2.75) is 38.9 Å². The van der Waals surface area contributed by atoms with Crippen molar-refractivity contribution in [1.29, 1.82) is 0 Å². The maximum Gasteiger partial charge on any atom is 0.331 e. The molecule has 6 nitrogen and oxygen atoms in total. The minimum absolute atomic E-state index is 0.0405. The van der Waals surface area contributed by atoms with E-state index >= 15 is 0 Å². The van der Waals surface area contributed by atoms with Gasteiger partial charge in [0.15, 0.2) is 8.32 Å². The van der Waals surface area contributed by atoms with Gasteiger partial charge in [-0.25, -0.2) is 4.79 Å². The van der Waals surface area contributed by atoms with Crippen LogP contribution < -0.4 is 0 Å². The molecule has 0 aromatic rings. The van der Waals surface area contributed by atoms with Crippen molar-refractivity contribution in [3.8, 4) is 0 Å². The van der Waals surface area contributed by atoms with Crippen molar-refractivity contribution in [3.05, 3.63) is 0 Å². The third-order valence-electron chi connectivity index (χ3n) is 3.69. The average molecular weight is 337 g/mol. The number of rotatable bonds is 12. The number of hydrogen-bond acceptors (Lipinski definition) is 6. The van der Waals surface area contributed by atoms with Crippen molar-refractivity contribution in [2.75, 3.05) is 53.4 Å². The molecule has 0 fully saturated rings. The van der Waals surface area contributed by atoms with Gasteiger partial charge in [0.2, 0.25) is 0 Å². The minimum atomic E-state index is -1.67. The highest BCUT2D eigenvalue weighted by molar-refractivity contribution is 6.74. The molecule has 0 spiro atoms. The molecule has 0 aliphatic rings. The number of carbonyl (C=O) groups excluding carboxylic acids is 1. The van der Waals surface area contributed by atoms with E-state index in [-0.39, 0.29) is 17.6 Å². The number of methoxy groups -OCH3 is 1. The summed E-state index contributed by atoms with van der Waals surface area (Å²) in [5, 5.41) is 0.223. The average Bonchev–Trinajstić information content (AvgIpc) is 2.43. The van der Waals surface area contributed by atoms with Gasteiger partial charge in [0.05, 0.1) is 46.8 Å². The Labute approximate surface area is 135 Å². The van der Waals surface area contributed by atoms with E-state index in [0.717, 1.165) is 0 Å². The van der Waals surface area contributed by atoms with Crippen LogP contribution in [0, 0.1) is 0 Å². The normalized spacial score (nSPS) is 12.5. The van der Waals surface area contributed by atoms with Crippen LogP contribution in [0.25, 0.3) is 0 Å². The maximum absolute atomic E-state index is 10.8. The van der Waals surface area contributed by atoms with Crippen LogP contribution in [0.4, 0.5) is 0 Å². The van der Waals surface area contributed by atoms with Crippen molar-refractivity contribution in [3.63, 3.8) is 0 Å². The fraction of sp³-hybridized carbons (Fsp3) is 0.933. The lowest BCUT2D eigenvalue weighted by Crippen LogP contribution is -2.41. The van der Waals surface area contributed by atoms with Crippen molar-refractivity contribution in [1.82, 2.24) is 0 Å². The zero-order chi connectivity index (χ0) is 17.1. The Morgan fingerprint density at radius 2 is 1.32 bits per heavy atom. The second kappa shape index (κ2) is 11.1. The summed E-state index contributed by atoms with van der Waals surface area (Å²) in [6.07, 6.45) is 0. The van der Waals surface area contributed by atoms with Gasteiger partial charge in [0, 0.05) is 0 Å². The number of esters is 1. The molecule has 0 N–H and O–H groups in total. The molecule has 0 heterocycles. The smallest absolute Gasteiger partial charge is 0.331 e. The van der Waals surface area contributed by atoms with Crippen LogP contribution in [0.2, 0.25) is 18.1 Å². The zero-order valence-electron chi connectivity index (χ0n) is 14.9. The summed E-state index contributed by atoms with van der Waals surface area (Å²) in [6, 6.07) is 0. The summed E-state index contributed by atoms with van der Waals surface area (Å²) in [7, 11) is -0.346. The largest absolute Gasteiger partial charge is 0.467 e. The van der Waals surface area contributed by atoms with Crippen LogP contribution in [0.1, 0.15) is 20.8 Å². The molecule has 0 aromatic carbocycles. The lowest BCUT2D eigenvalue weighted by molar-refractivity contribution is -0.146. The molecule has 0 bridgehead atoms. The van der Waals surface area contributed by atoms with E-state index in [4.69, 9.17) is 18.6 Å². The maximum atomic E-state index is 10.8. The van der Waals surface area contributed by atoms with Crippen LogP contribution in [0.3, 0.4) is 0 Å². The van der Waals surface area contributed by atoms with Gasteiger partial charge < -0.3 is 23.4 Å². The molecule has 22 heavy (non-hydrogen) atoms. The zero-order valence-corrected chi connectivity index (χ0v) is 15.9. The number of carbonyl (C=O) groups is 1. The quantitative estimate of drug-likeness (QED) is 0.309. The van der Waals surface area contributed by atoms with Crippen molar-refractivity contribution in [2.24, 2.45) is 0 Å².